The summed E-state index contributed by atoms with van der Waals surface area (Å²) >= 11 is 1.79. The molecule has 1 amide bonds. The highest BCUT2D eigenvalue weighted by Crippen LogP contribution is 2.37. The molecule has 0 spiro atoms. The van der Waals surface area contributed by atoms with E-state index in [-0.39, 0.29) is 11.9 Å². The normalized spacial score (nSPS) is 20.7. The van der Waals surface area contributed by atoms with Gasteiger partial charge in [0.1, 0.15) is 10.7 Å². The van der Waals surface area contributed by atoms with Crippen LogP contribution in [0.25, 0.3) is 15.9 Å². The van der Waals surface area contributed by atoms with Gasteiger partial charge in [-0.3, -0.25) is 4.79 Å². The van der Waals surface area contributed by atoms with E-state index in [0.717, 1.165) is 53.9 Å². The fourth-order valence-corrected chi connectivity index (χ4v) is 5.67. The Balaban J connectivity index is 1.67. The molecule has 0 N–H and O–H groups in total. The lowest BCUT2D eigenvalue weighted by atomic mass is 9.97. The second kappa shape index (κ2) is 6.01. The van der Waals surface area contributed by atoms with E-state index in [2.05, 4.69) is 12.0 Å². The average molecular weight is 369 g/mol. The Morgan fingerprint density at radius 2 is 2.00 bits per heavy atom. The molecule has 3 aromatic heterocycles. The molecule has 0 bridgehead atoms. The van der Waals surface area contributed by atoms with Crippen molar-refractivity contribution in [3.8, 4) is 0 Å². The molecule has 3 aromatic rings. The van der Waals surface area contributed by atoms with Crippen LogP contribution in [-0.2, 0) is 12.8 Å². The van der Waals surface area contributed by atoms with E-state index in [1.54, 1.807) is 15.9 Å². The van der Waals surface area contributed by atoms with Crippen molar-refractivity contribution in [2.24, 2.45) is 0 Å². The molecule has 0 unspecified atom stereocenters. The Morgan fingerprint density at radius 1 is 1.15 bits per heavy atom. The number of hydrogen-bond acceptors (Lipinski definition) is 5. The summed E-state index contributed by atoms with van der Waals surface area (Å²) in [5, 5.41) is 5.68. The summed E-state index contributed by atoms with van der Waals surface area (Å²) in [7, 11) is 0. The van der Waals surface area contributed by atoms with Crippen molar-refractivity contribution in [1.82, 2.24) is 24.5 Å². The Hall–Kier alpha value is -2.02. The minimum Gasteiger partial charge on any atom is -0.333 e. The minimum atomic E-state index is -0.0439. The number of rotatable bonds is 1. The van der Waals surface area contributed by atoms with Crippen LogP contribution in [-0.4, -0.2) is 43.0 Å². The first kappa shape index (κ1) is 16.2. The molecule has 1 saturated heterocycles. The number of thiophene rings is 1. The first-order chi connectivity index (χ1) is 12.6. The zero-order valence-corrected chi connectivity index (χ0v) is 16.1. The van der Waals surface area contributed by atoms with Gasteiger partial charge in [0.15, 0.2) is 5.65 Å². The summed E-state index contributed by atoms with van der Waals surface area (Å²) in [5.74, 6) is 1.06. The van der Waals surface area contributed by atoms with Gasteiger partial charge in [0, 0.05) is 17.5 Å². The number of aryl methyl sites for hydroxylation is 3. The topological polar surface area (TPSA) is 63.4 Å². The molecule has 26 heavy (non-hydrogen) atoms. The lowest BCUT2D eigenvalue weighted by Crippen LogP contribution is -2.42. The number of likely N-dealkylation sites (tertiary alicyclic amines) is 1. The number of hydrogen-bond donors (Lipinski definition) is 0. The Morgan fingerprint density at radius 3 is 2.85 bits per heavy atom. The van der Waals surface area contributed by atoms with E-state index in [1.165, 1.54) is 29.7 Å². The summed E-state index contributed by atoms with van der Waals surface area (Å²) in [5.41, 5.74) is 2.19. The number of amides is 1. The molecular weight excluding hydrogens is 346 g/mol. The van der Waals surface area contributed by atoms with Gasteiger partial charge in [0.05, 0.1) is 5.39 Å². The van der Waals surface area contributed by atoms with E-state index >= 15 is 0 Å². The van der Waals surface area contributed by atoms with Gasteiger partial charge >= 0.3 is 0 Å². The third-order valence-corrected chi connectivity index (χ3v) is 6.99. The van der Waals surface area contributed by atoms with Crippen molar-refractivity contribution >= 4 is 33.1 Å². The van der Waals surface area contributed by atoms with E-state index in [4.69, 9.17) is 9.97 Å². The molecule has 0 saturated carbocycles. The number of nitrogens with zero attached hydrogens (tertiary/aromatic N) is 5. The second-order valence-electron chi connectivity index (χ2n) is 7.56. The van der Waals surface area contributed by atoms with Gasteiger partial charge < -0.3 is 4.90 Å². The van der Waals surface area contributed by atoms with E-state index in [0.29, 0.717) is 5.82 Å². The molecule has 4 heterocycles. The quantitative estimate of drug-likeness (QED) is 0.658. The van der Waals surface area contributed by atoms with Crippen LogP contribution in [0, 0.1) is 6.92 Å². The van der Waals surface area contributed by atoms with Crippen molar-refractivity contribution in [2.75, 3.05) is 6.54 Å². The number of carbonyl (C=O) groups excluding carboxylic acids is 1. The van der Waals surface area contributed by atoms with Crippen LogP contribution >= 0.6 is 11.3 Å². The van der Waals surface area contributed by atoms with Gasteiger partial charge in [0.25, 0.3) is 5.91 Å². The zero-order chi connectivity index (χ0) is 17.8. The van der Waals surface area contributed by atoms with Gasteiger partial charge in [-0.2, -0.15) is 4.52 Å². The largest absolute Gasteiger partial charge is 0.333 e. The summed E-state index contributed by atoms with van der Waals surface area (Å²) in [6.07, 6.45) is 7.98. The Kier molecular flexibility index (Phi) is 3.74. The number of fused-ring (bicyclic) bond motifs is 5. The third-order valence-electron chi connectivity index (χ3n) is 5.81. The van der Waals surface area contributed by atoms with Crippen LogP contribution in [0.4, 0.5) is 0 Å². The van der Waals surface area contributed by atoms with Crippen molar-refractivity contribution in [3.63, 3.8) is 0 Å². The first-order valence-electron chi connectivity index (χ1n) is 9.62. The molecule has 0 radical (unpaired) electrons. The molecule has 1 aliphatic heterocycles. The van der Waals surface area contributed by atoms with Crippen LogP contribution in [0.2, 0.25) is 0 Å². The summed E-state index contributed by atoms with van der Waals surface area (Å²) < 4.78 is 1.77. The van der Waals surface area contributed by atoms with Crippen LogP contribution in [0.3, 0.4) is 0 Å². The first-order valence-corrected chi connectivity index (χ1v) is 10.4. The van der Waals surface area contributed by atoms with Crippen molar-refractivity contribution < 1.29 is 4.79 Å². The number of piperidine rings is 1. The highest BCUT2D eigenvalue weighted by molar-refractivity contribution is 7.19. The maximum absolute atomic E-state index is 13.0. The lowest BCUT2D eigenvalue weighted by Gasteiger charge is -2.32. The molecule has 7 heteroatoms. The van der Waals surface area contributed by atoms with Gasteiger partial charge in [-0.15, -0.1) is 16.4 Å². The van der Waals surface area contributed by atoms with Gasteiger partial charge in [-0.05, 0) is 64.4 Å². The van der Waals surface area contributed by atoms with E-state index in [9.17, 15) is 4.79 Å². The average Bonchev–Trinajstić information content (AvgIpc) is 3.23. The zero-order valence-electron chi connectivity index (χ0n) is 15.3. The standard InChI is InChI=1S/C19H23N5OS/c1-11-7-5-6-10-23(11)19(25)16-21-17-15-13-8-3-4-9-14(13)26-18(15)20-12(2)24(17)22-16/h11H,3-10H2,1-2H3/t11-/m0/s1. The molecular formula is C19H23N5OS. The molecule has 1 fully saturated rings. The highest BCUT2D eigenvalue weighted by Gasteiger charge is 2.29. The molecule has 2 aliphatic rings. The molecule has 1 aliphatic carbocycles. The SMILES string of the molecule is Cc1nc2sc3c(c2c2nc(C(=O)N4CCCC[C@@H]4C)nn12)CCCC3. The molecule has 136 valence electrons. The minimum absolute atomic E-state index is 0.0439. The maximum atomic E-state index is 13.0. The van der Waals surface area contributed by atoms with Crippen molar-refractivity contribution in [1.29, 1.82) is 0 Å². The molecule has 5 rings (SSSR count). The van der Waals surface area contributed by atoms with Crippen LogP contribution < -0.4 is 0 Å². The van der Waals surface area contributed by atoms with Crippen LogP contribution in [0.1, 0.15) is 65.9 Å². The summed E-state index contributed by atoms with van der Waals surface area (Å²) in [6, 6.07) is 0.260. The van der Waals surface area contributed by atoms with Gasteiger partial charge in [-0.1, -0.05) is 0 Å². The fraction of sp³-hybridized carbons (Fsp3) is 0.579. The molecule has 0 aromatic carbocycles. The summed E-state index contributed by atoms with van der Waals surface area (Å²) in [6.45, 7) is 4.86. The Labute approximate surface area is 156 Å². The monoisotopic (exact) mass is 369 g/mol. The van der Waals surface area contributed by atoms with E-state index < -0.39 is 0 Å². The number of carbonyl (C=O) groups is 1. The third kappa shape index (κ3) is 2.36. The fourth-order valence-electron chi connectivity index (χ4n) is 4.37. The molecule has 6 nitrogen and oxygen atoms in total. The number of aromatic nitrogens is 4. The predicted molar refractivity (Wildman–Crippen MR) is 102 cm³/mol. The van der Waals surface area contributed by atoms with Crippen LogP contribution in [0.5, 0.6) is 0 Å². The second-order valence-corrected chi connectivity index (χ2v) is 8.65. The lowest BCUT2D eigenvalue weighted by molar-refractivity contribution is 0.0623. The van der Waals surface area contributed by atoms with Gasteiger partial charge in [0.2, 0.25) is 5.82 Å². The van der Waals surface area contributed by atoms with E-state index in [1.807, 2.05) is 11.8 Å². The Bertz CT molecular complexity index is 1020. The molecule has 1 atom stereocenters. The maximum Gasteiger partial charge on any atom is 0.293 e. The highest BCUT2D eigenvalue weighted by atomic mass is 32.1. The predicted octanol–water partition coefficient (Wildman–Crippen LogP) is 3.54. The van der Waals surface area contributed by atoms with Crippen molar-refractivity contribution in [3.05, 3.63) is 22.1 Å². The smallest absolute Gasteiger partial charge is 0.293 e. The summed E-state index contributed by atoms with van der Waals surface area (Å²) in [4.78, 5) is 26.9. The van der Waals surface area contributed by atoms with Crippen molar-refractivity contribution in [2.45, 2.75) is 64.8 Å². The van der Waals surface area contributed by atoms with Crippen LogP contribution in [0.15, 0.2) is 0 Å². The van der Waals surface area contributed by atoms with Gasteiger partial charge in [-0.25, -0.2) is 9.97 Å².